The number of hydrogen-bond acceptors (Lipinski definition) is 2. The van der Waals surface area contributed by atoms with Crippen molar-refractivity contribution in [2.75, 3.05) is 13.2 Å². The van der Waals surface area contributed by atoms with E-state index in [-0.39, 0.29) is 6.10 Å². The fraction of sp³-hybridized carbons (Fsp3) is 0.385. The van der Waals surface area contributed by atoms with Crippen molar-refractivity contribution in [3.05, 3.63) is 35.5 Å². The number of nitrogens with two attached hydrogens (primary N) is 1. The number of hydrogen-bond donors (Lipinski definition) is 2. The van der Waals surface area contributed by atoms with Crippen LogP contribution in [0.3, 0.4) is 0 Å². The summed E-state index contributed by atoms with van der Waals surface area (Å²) in [5, 5.41) is 1.34. The summed E-state index contributed by atoms with van der Waals surface area (Å²) in [5.74, 6) is 0. The first-order chi connectivity index (χ1) is 7.90. The quantitative estimate of drug-likeness (QED) is 0.808. The second-order valence-corrected chi connectivity index (χ2v) is 4.25. The van der Waals surface area contributed by atoms with Crippen molar-refractivity contribution in [3.8, 4) is 0 Å². The second kappa shape index (κ2) is 3.92. The summed E-state index contributed by atoms with van der Waals surface area (Å²) in [4.78, 5) is 3.47. The number of ether oxygens (including phenoxy) is 1. The van der Waals surface area contributed by atoms with Gasteiger partial charge in [0.25, 0.3) is 0 Å². The molecule has 1 aliphatic heterocycles. The van der Waals surface area contributed by atoms with Gasteiger partial charge in [0.05, 0.1) is 12.7 Å². The first kappa shape index (κ1) is 9.87. The smallest absolute Gasteiger partial charge is 0.0987 e. The summed E-state index contributed by atoms with van der Waals surface area (Å²) in [6.45, 7) is 1.47. The fourth-order valence-electron chi connectivity index (χ4n) is 2.53. The third kappa shape index (κ3) is 1.44. The third-order valence-corrected chi connectivity index (χ3v) is 3.27. The lowest BCUT2D eigenvalue weighted by atomic mass is 10.0. The van der Waals surface area contributed by atoms with Gasteiger partial charge in [0.2, 0.25) is 0 Å². The van der Waals surface area contributed by atoms with Crippen molar-refractivity contribution in [3.63, 3.8) is 0 Å². The molecule has 84 valence electrons. The highest BCUT2D eigenvalue weighted by Gasteiger charge is 2.23. The highest BCUT2D eigenvalue weighted by Crippen LogP contribution is 2.33. The summed E-state index contributed by atoms with van der Waals surface area (Å²) < 4.78 is 5.76. The minimum Gasteiger partial charge on any atom is -0.372 e. The van der Waals surface area contributed by atoms with Gasteiger partial charge in [0.15, 0.2) is 0 Å². The molecule has 3 rings (SSSR count). The molecule has 0 saturated heterocycles. The molecule has 0 aliphatic carbocycles. The third-order valence-electron chi connectivity index (χ3n) is 3.27. The Morgan fingerprint density at radius 2 is 2.25 bits per heavy atom. The zero-order chi connectivity index (χ0) is 11.0. The fourth-order valence-corrected chi connectivity index (χ4v) is 2.53. The highest BCUT2D eigenvalue weighted by atomic mass is 16.5. The molecule has 2 aromatic rings. The number of aromatic nitrogens is 1. The van der Waals surface area contributed by atoms with Gasteiger partial charge in [-0.15, -0.1) is 0 Å². The number of H-pyrrole nitrogens is 1. The van der Waals surface area contributed by atoms with E-state index in [9.17, 15) is 0 Å². The molecule has 0 radical (unpaired) electrons. The lowest BCUT2D eigenvalue weighted by Crippen LogP contribution is -2.18. The van der Waals surface area contributed by atoms with Crippen molar-refractivity contribution in [1.82, 2.24) is 4.98 Å². The van der Waals surface area contributed by atoms with Crippen LogP contribution in [0.2, 0.25) is 0 Å². The van der Waals surface area contributed by atoms with Crippen molar-refractivity contribution < 1.29 is 4.74 Å². The van der Waals surface area contributed by atoms with E-state index in [1.165, 1.54) is 22.2 Å². The molecule has 1 atom stereocenters. The Kier molecular flexibility index (Phi) is 2.42. The lowest BCUT2D eigenvalue weighted by molar-refractivity contribution is 0.0360. The van der Waals surface area contributed by atoms with Crippen molar-refractivity contribution in [1.29, 1.82) is 0 Å². The Labute approximate surface area is 94.6 Å². The molecule has 16 heavy (non-hydrogen) atoms. The van der Waals surface area contributed by atoms with Crippen LogP contribution in [0.25, 0.3) is 10.9 Å². The van der Waals surface area contributed by atoms with Gasteiger partial charge in [-0.3, -0.25) is 0 Å². The largest absolute Gasteiger partial charge is 0.372 e. The molecular weight excluding hydrogens is 200 g/mol. The van der Waals surface area contributed by atoms with Crippen LogP contribution in [0, 0.1) is 0 Å². The zero-order valence-corrected chi connectivity index (χ0v) is 9.20. The van der Waals surface area contributed by atoms with Crippen LogP contribution in [0.15, 0.2) is 24.3 Å². The molecular formula is C13H16N2O. The predicted octanol–water partition coefficient (Wildman–Crippen LogP) is 2.13. The molecule has 0 spiro atoms. The van der Waals surface area contributed by atoms with E-state index in [1.807, 2.05) is 0 Å². The Morgan fingerprint density at radius 3 is 3.12 bits per heavy atom. The van der Waals surface area contributed by atoms with Crippen LogP contribution >= 0.6 is 0 Å². The van der Waals surface area contributed by atoms with Gasteiger partial charge in [-0.25, -0.2) is 0 Å². The maximum absolute atomic E-state index is 5.76. The maximum Gasteiger partial charge on any atom is 0.0987 e. The number of rotatable bonds is 2. The monoisotopic (exact) mass is 216 g/mol. The van der Waals surface area contributed by atoms with Crippen molar-refractivity contribution >= 4 is 10.9 Å². The molecule has 3 N–H and O–H groups in total. The molecule has 2 heterocycles. The highest BCUT2D eigenvalue weighted by molar-refractivity contribution is 5.85. The number of fused-ring (bicyclic) bond motifs is 3. The summed E-state index contributed by atoms with van der Waals surface area (Å²) in [7, 11) is 0. The van der Waals surface area contributed by atoms with E-state index < -0.39 is 0 Å². The van der Waals surface area contributed by atoms with Gasteiger partial charge in [-0.05, 0) is 31.0 Å². The maximum atomic E-state index is 5.76. The second-order valence-electron chi connectivity index (χ2n) is 4.25. The van der Waals surface area contributed by atoms with E-state index in [4.69, 9.17) is 10.5 Å². The van der Waals surface area contributed by atoms with Gasteiger partial charge in [0, 0.05) is 16.6 Å². The van der Waals surface area contributed by atoms with Gasteiger partial charge < -0.3 is 15.5 Å². The molecule has 1 aromatic carbocycles. The molecule has 1 unspecified atom stereocenters. The minimum atomic E-state index is 0.154. The van der Waals surface area contributed by atoms with E-state index in [2.05, 4.69) is 29.2 Å². The van der Waals surface area contributed by atoms with Gasteiger partial charge in [-0.2, -0.15) is 0 Å². The molecule has 0 fully saturated rings. The lowest BCUT2D eigenvalue weighted by Gasteiger charge is -2.22. The van der Waals surface area contributed by atoms with E-state index in [0.717, 1.165) is 19.4 Å². The average Bonchev–Trinajstić information content (AvgIpc) is 2.69. The molecule has 0 bridgehead atoms. The van der Waals surface area contributed by atoms with Gasteiger partial charge >= 0.3 is 0 Å². The van der Waals surface area contributed by atoms with Crippen molar-refractivity contribution in [2.45, 2.75) is 18.9 Å². The average molecular weight is 216 g/mol. The van der Waals surface area contributed by atoms with Gasteiger partial charge in [-0.1, -0.05) is 18.2 Å². The first-order valence-electron chi connectivity index (χ1n) is 5.81. The number of nitrogens with one attached hydrogen (secondary N) is 1. The van der Waals surface area contributed by atoms with E-state index in [0.29, 0.717) is 6.54 Å². The Hall–Kier alpha value is -1.32. The molecule has 3 nitrogen and oxygen atoms in total. The predicted molar refractivity (Wildman–Crippen MR) is 64.4 cm³/mol. The standard InChI is InChI=1S/C13H16N2O/c14-7-5-12-13-10(6-8-16-12)9-3-1-2-4-11(9)15-13/h1-4,12,15H,5-8,14H2. The normalized spacial score (nSPS) is 19.9. The topological polar surface area (TPSA) is 51.0 Å². The zero-order valence-electron chi connectivity index (χ0n) is 9.20. The molecule has 0 saturated carbocycles. The molecule has 1 aromatic heterocycles. The Morgan fingerprint density at radius 1 is 1.38 bits per heavy atom. The van der Waals surface area contributed by atoms with Crippen LogP contribution in [0.4, 0.5) is 0 Å². The molecule has 0 amide bonds. The Balaban J connectivity index is 2.13. The SMILES string of the molecule is NCCC1OCCc2c1[nH]c1ccccc21. The van der Waals surface area contributed by atoms with Crippen LogP contribution < -0.4 is 5.73 Å². The number of para-hydroxylation sites is 1. The summed E-state index contributed by atoms with van der Waals surface area (Å²) >= 11 is 0. The molecule has 1 aliphatic rings. The number of aromatic amines is 1. The van der Waals surface area contributed by atoms with E-state index >= 15 is 0 Å². The van der Waals surface area contributed by atoms with E-state index in [1.54, 1.807) is 0 Å². The van der Waals surface area contributed by atoms with Crippen molar-refractivity contribution in [2.24, 2.45) is 5.73 Å². The summed E-state index contributed by atoms with van der Waals surface area (Å²) in [5.41, 5.74) is 9.48. The summed E-state index contributed by atoms with van der Waals surface area (Å²) in [6, 6.07) is 8.44. The first-order valence-corrected chi connectivity index (χ1v) is 5.81. The Bertz CT molecular complexity index is 504. The van der Waals surface area contributed by atoms with Crippen LogP contribution in [-0.4, -0.2) is 18.1 Å². The van der Waals surface area contributed by atoms with Crippen LogP contribution in [-0.2, 0) is 11.2 Å². The number of benzene rings is 1. The summed E-state index contributed by atoms with van der Waals surface area (Å²) in [6.07, 6.45) is 2.04. The van der Waals surface area contributed by atoms with Crippen LogP contribution in [0.5, 0.6) is 0 Å². The van der Waals surface area contributed by atoms with Crippen LogP contribution in [0.1, 0.15) is 23.8 Å². The molecule has 3 heteroatoms. The minimum absolute atomic E-state index is 0.154. The van der Waals surface area contributed by atoms with Gasteiger partial charge in [0.1, 0.15) is 0 Å².